The molecular formula is C22H26N6OS. The number of aromatic amines is 1. The van der Waals surface area contributed by atoms with Crippen LogP contribution in [-0.4, -0.2) is 56.6 Å². The third-order valence-corrected chi connectivity index (χ3v) is 7.11. The first-order valence-electron chi connectivity index (χ1n) is 10.4. The fraction of sp³-hybridized carbons (Fsp3) is 0.409. The number of fused-ring (bicyclic) bond motifs is 2. The Hall–Kier alpha value is -2.71. The Kier molecular flexibility index (Phi) is 4.63. The van der Waals surface area contributed by atoms with Gasteiger partial charge in [-0.1, -0.05) is 13.8 Å². The van der Waals surface area contributed by atoms with E-state index in [0.717, 1.165) is 57.1 Å². The Morgan fingerprint density at radius 2 is 2.20 bits per heavy atom. The van der Waals surface area contributed by atoms with Crippen molar-refractivity contribution in [3.63, 3.8) is 0 Å². The number of hydrogen-bond acceptors (Lipinski definition) is 5. The first kappa shape index (κ1) is 19.3. The molecule has 0 unspecified atom stereocenters. The second-order valence-corrected chi connectivity index (χ2v) is 9.48. The highest BCUT2D eigenvalue weighted by Gasteiger charge is 2.27. The number of pyridine rings is 1. The van der Waals surface area contributed by atoms with Crippen molar-refractivity contribution in [2.24, 2.45) is 0 Å². The molecule has 1 aliphatic heterocycles. The number of aromatic nitrogens is 4. The highest BCUT2D eigenvalue weighted by atomic mass is 32.1. The van der Waals surface area contributed by atoms with Crippen molar-refractivity contribution in [1.29, 1.82) is 0 Å². The van der Waals surface area contributed by atoms with Crippen LogP contribution in [0.5, 0.6) is 0 Å². The minimum absolute atomic E-state index is 0.106. The van der Waals surface area contributed by atoms with Crippen LogP contribution in [0.3, 0.4) is 0 Å². The van der Waals surface area contributed by atoms with Gasteiger partial charge in [-0.2, -0.15) is 5.10 Å². The van der Waals surface area contributed by atoms with Crippen LogP contribution in [0.2, 0.25) is 0 Å². The molecule has 4 aromatic heterocycles. The third kappa shape index (κ3) is 3.02. The maximum atomic E-state index is 13.1. The summed E-state index contributed by atoms with van der Waals surface area (Å²) in [6.45, 7) is 8.30. The largest absolute Gasteiger partial charge is 0.346 e. The molecule has 8 heteroatoms. The Morgan fingerprint density at radius 3 is 2.93 bits per heavy atom. The molecule has 0 spiro atoms. The second kappa shape index (κ2) is 7.21. The molecule has 156 valence electrons. The van der Waals surface area contributed by atoms with E-state index in [2.05, 4.69) is 53.3 Å². The number of H-pyrrole nitrogens is 1. The Labute approximate surface area is 179 Å². The molecule has 5 rings (SSSR count). The molecule has 5 heterocycles. The summed E-state index contributed by atoms with van der Waals surface area (Å²) in [5.74, 6) is 0.421. The van der Waals surface area contributed by atoms with Crippen LogP contribution in [0.25, 0.3) is 27.1 Å². The van der Waals surface area contributed by atoms with E-state index in [1.807, 2.05) is 22.7 Å². The predicted molar refractivity (Wildman–Crippen MR) is 120 cm³/mol. The smallest absolute Gasteiger partial charge is 0.264 e. The van der Waals surface area contributed by atoms with Gasteiger partial charge in [-0.15, -0.1) is 11.3 Å². The van der Waals surface area contributed by atoms with Gasteiger partial charge >= 0.3 is 0 Å². The van der Waals surface area contributed by atoms with Gasteiger partial charge in [0.05, 0.1) is 10.6 Å². The summed E-state index contributed by atoms with van der Waals surface area (Å²) in [5, 5.41) is 8.79. The minimum atomic E-state index is 0.106. The third-order valence-electron chi connectivity index (χ3n) is 6.07. The van der Waals surface area contributed by atoms with Crippen LogP contribution in [-0.2, 0) is 0 Å². The molecule has 30 heavy (non-hydrogen) atoms. The maximum absolute atomic E-state index is 13.1. The Balaban J connectivity index is 1.58. The molecule has 0 bridgehead atoms. The van der Waals surface area contributed by atoms with Crippen molar-refractivity contribution in [1.82, 2.24) is 29.8 Å². The van der Waals surface area contributed by atoms with Gasteiger partial charge in [0, 0.05) is 36.8 Å². The molecule has 0 aromatic carbocycles. The van der Waals surface area contributed by atoms with E-state index < -0.39 is 0 Å². The van der Waals surface area contributed by atoms with E-state index in [1.165, 1.54) is 5.56 Å². The lowest BCUT2D eigenvalue weighted by Crippen LogP contribution is -2.37. The monoisotopic (exact) mass is 422 g/mol. The topological polar surface area (TPSA) is 78.3 Å². The van der Waals surface area contributed by atoms with Crippen LogP contribution in [0.1, 0.15) is 47.0 Å². The number of aryl methyl sites for hydroxylation is 1. The Morgan fingerprint density at radius 1 is 1.37 bits per heavy atom. The molecule has 1 fully saturated rings. The predicted octanol–water partition coefficient (Wildman–Crippen LogP) is 3.80. The van der Waals surface area contributed by atoms with Gasteiger partial charge in [0.25, 0.3) is 5.91 Å². The lowest BCUT2D eigenvalue weighted by atomic mass is 9.97. The molecule has 1 amide bonds. The van der Waals surface area contributed by atoms with Crippen LogP contribution in [0.4, 0.5) is 0 Å². The zero-order valence-electron chi connectivity index (χ0n) is 17.7. The van der Waals surface area contributed by atoms with Crippen LogP contribution in [0.15, 0.2) is 24.7 Å². The van der Waals surface area contributed by atoms with E-state index in [0.29, 0.717) is 5.92 Å². The molecule has 1 saturated heterocycles. The molecule has 2 N–H and O–H groups in total. The summed E-state index contributed by atoms with van der Waals surface area (Å²) >= 11 is 1.55. The van der Waals surface area contributed by atoms with Gasteiger partial charge in [-0.25, -0.2) is 9.50 Å². The molecule has 1 aliphatic rings. The number of carbonyl (C=O) groups excluding carboxylic acids is 1. The van der Waals surface area contributed by atoms with Crippen LogP contribution < -0.4 is 5.32 Å². The summed E-state index contributed by atoms with van der Waals surface area (Å²) in [6, 6.07) is 4.49. The fourth-order valence-electron chi connectivity index (χ4n) is 4.47. The number of carbonyl (C=O) groups is 1. The van der Waals surface area contributed by atoms with Crippen molar-refractivity contribution in [2.75, 3.05) is 20.1 Å². The standard InChI is InChI=1S/C22H26N6OS/c1-12(2)18-16-8-17(22(29)27(4)15-5-6-23-9-15)30-21(16)26-19(18)14-7-13(3)20-24-11-25-28(20)10-14/h7-8,10-12,15,23,26H,5-6,9H2,1-4H3/t15-/m0/s1. The van der Waals surface area contributed by atoms with Crippen LogP contribution >= 0.6 is 11.3 Å². The van der Waals surface area contributed by atoms with E-state index >= 15 is 0 Å². The summed E-state index contributed by atoms with van der Waals surface area (Å²) in [5.41, 5.74) is 5.37. The number of hydrogen-bond donors (Lipinski definition) is 2. The van der Waals surface area contributed by atoms with Gasteiger partial charge in [0.2, 0.25) is 0 Å². The molecule has 0 radical (unpaired) electrons. The molecule has 1 atom stereocenters. The highest BCUT2D eigenvalue weighted by Crippen LogP contribution is 2.40. The van der Waals surface area contributed by atoms with Crippen molar-refractivity contribution in [3.05, 3.63) is 40.7 Å². The van der Waals surface area contributed by atoms with Gasteiger partial charge in [0.1, 0.15) is 11.2 Å². The Bertz CT molecular complexity index is 1240. The van der Waals surface area contributed by atoms with E-state index in [4.69, 9.17) is 0 Å². The zero-order valence-corrected chi connectivity index (χ0v) is 18.5. The van der Waals surface area contributed by atoms with Crippen molar-refractivity contribution < 1.29 is 4.79 Å². The zero-order chi connectivity index (χ0) is 21.0. The molecule has 4 aromatic rings. The number of nitrogens with zero attached hydrogens (tertiary/aromatic N) is 4. The normalized spacial score (nSPS) is 16.9. The van der Waals surface area contributed by atoms with Crippen molar-refractivity contribution >= 4 is 33.1 Å². The van der Waals surface area contributed by atoms with E-state index in [-0.39, 0.29) is 11.9 Å². The SMILES string of the molecule is Cc1cc(-c2[nH]c3sc(C(=O)N(C)[C@H]4CCNC4)cc3c2C(C)C)cn2ncnc12. The molecule has 0 aliphatic carbocycles. The van der Waals surface area contributed by atoms with Gasteiger partial charge in [-0.3, -0.25) is 4.79 Å². The number of rotatable bonds is 4. The summed E-state index contributed by atoms with van der Waals surface area (Å²) < 4.78 is 1.82. The molecular weight excluding hydrogens is 396 g/mol. The average Bonchev–Trinajstić information content (AvgIpc) is 3.49. The highest BCUT2D eigenvalue weighted by molar-refractivity contribution is 7.20. The number of amides is 1. The molecule has 0 saturated carbocycles. The van der Waals surface area contributed by atoms with Gasteiger partial charge < -0.3 is 15.2 Å². The minimum Gasteiger partial charge on any atom is -0.346 e. The van der Waals surface area contributed by atoms with E-state index in [9.17, 15) is 4.79 Å². The van der Waals surface area contributed by atoms with Crippen molar-refractivity contribution in [2.45, 2.75) is 39.2 Å². The van der Waals surface area contributed by atoms with Crippen molar-refractivity contribution in [3.8, 4) is 11.3 Å². The van der Waals surface area contributed by atoms with E-state index in [1.54, 1.807) is 17.7 Å². The first-order valence-corrected chi connectivity index (χ1v) is 11.2. The quantitative estimate of drug-likeness (QED) is 0.524. The number of likely N-dealkylation sites (N-methyl/N-ethyl adjacent to an activating group) is 1. The lowest BCUT2D eigenvalue weighted by Gasteiger charge is -2.23. The first-order chi connectivity index (χ1) is 14.4. The molecule has 7 nitrogen and oxygen atoms in total. The summed E-state index contributed by atoms with van der Waals surface area (Å²) in [4.78, 5) is 24.7. The summed E-state index contributed by atoms with van der Waals surface area (Å²) in [7, 11) is 1.92. The number of nitrogens with one attached hydrogen (secondary N) is 2. The van der Waals surface area contributed by atoms with Gasteiger partial charge in [-0.05, 0) is 49.1 Å². The number of thiophene rings is 1. The average molecular weight is 423 g/mol. The summed E-state index contributed by atoms with van der Waals surface area (Å²) in [6.07, 6.45) is 4.61. The van der Waals surface area contributed by atoms with Crippen LogP contribution in [0, 0.1) is 6.92 Å². The maximum Gasteiger partial charge on any atom is 0.264 e. The van der Waals surface area contributed by atoms with Gasteiger partial charge in [0.15, 0.2) is 5.65 Å². The fourth-order valence-corrected chi connectivity index (χ4v) is 5.53. The lowest BCUT2D eigenvalue weighted by molar-refractivity contribution is 0.0748. The second-order valence-electron chi connectivity index (χ2n) is 8.42.